The number of anilines is 1. The van der Waals surface area contributed by atoms with E-state index in [4.69, 9.17) is 9.15 Å². The van der Waals surface area contributed by atoms with E-state index < -0.39 is 21.8 Å². The van der Waals surface area contributed by atoms with Crippen LogP contribution in [-0.4, -0.2) is 31.4 Å². The summed E-state index contributed by atoms with van der Waals surface area (Å²) in [5, 5.41) is 10.1. The minimum atomic E-state index is -3.65. The summed E-state index contributed by atoms with van der Waals surface area (Å²) in [6.07, 6.45) is 3.55. The van der Waals surface area contributed by atoms with Crippen LogP contribution < -0.4 is 9.46 Å². The van der Waals surface area contributed by atoms with Crippen molar-refractivity contribution in [3.8, 4) is 17.1 Å². The van der Waals surface area contributed by atoms with Crippen molar-refractivity contribution >= 4 is 32.6 Å². The van der Waals surface area contributed by atoms with Crippen LogP contribution in [0.4, 0.5) is 10.1 Å². The number of ether oxygens (including phenoxy) is 1. The Bertz CT molecular complexity index is 1270. The van der Waals surface area contributed by atoms with Gasteiger partial charge in [0.05, 0.1) is 17.5 Å². The Morgan fingerprint density at radius 3 is 2.48 bits per heavy atom. The fraction of sp³-hybridized carbons (Fsp3) is 0.375. The lowest BCUT2D eigenvalue weighted by molar-refractivity contribution is 0.0699. The zero-order chi connectivity index (χ0) is 23.8. The number of hydrogen-bond acceptors (Lipinski definition) is 5. The Hall–Kier alpha value is -3.07. The molecule has 1 aromatic heterocycles. The number of rotatable bonds is 8. The molecule has 3 aromatic rings. The molecule has 0 spiro atoms. The van der Waals surface area contributed by atoms with Crippen LogP contribution in [0.15, 0.2) is 40.8 Å². The summed E-state index contributed by atoms with van der Waals surface area (Å²) in [5.74, 6) is -1.28. The molecule has 0 atom stereocenters. The highest BCUT2D eigenvalue weighted by molar-refractivity contribution is 7.92. The average molecular weight is 476 g/mol. The predicted octanol–water partition coefficient (Wildman–Crippen LogP) is 5.66. The molecule has 1 aliphatic carbocycles. The molecule has 4 rings (SSSR count). The van der Waals surface area contributed by atoms with Crippen molar-refractivity contribution in [3.63, 3.8) is 0 Å². The number of nitrogens with one attached hydrogen (secondary N) is 1. The minimum absolute atomic E-state index is 0.0194. The fourth-order valence-corrected chi connectivity index (χ4v) is 5.80. The number of carbonyl (C=O) groups is 1. The Morgan fingerprint density at radius 1 is 1.21 bits per heavy atom. The van der Waals surface area contributed by atoms with Crippen LogP contribution in [0.2, 0.25) is 0 Å². The highest BCUT2D eigenvalue weighted by Gasteiger charge is 2.27. The Balaban J connectivity index is 1.81. The monoisotopic (exact) mass is 475 g/mol. The van der Waals surface area contributed by atoms with Crippen molar-refractivity contribution in [1.82, 2.24) is 0 Å². The summed E-state index contributed by atoms with van der Waals surface area (Å²) in [6.45, 7) is 3.58. The molecule has 1 saturated carbocycles. The normalized spacial score (nSPS) is 14.8. The number of halogens is 1. The standard InChI is InChI=1S/C24H26FNO6S/c1-14(2)31-21-11-18-20(12-19(21)26-33(29,30)13-15-5-3-4-6-15)32-23(22(18)24(27)28)16-7-9-17(25)10-8-16/h7-12,14-15,26H,3-6,13H2,1-2H3,(H,27,28). The van der Waals surface area contributed by atoms with E-state index in [1.54, 1.807) is 13.8 Å². The Kier molecular flexibility index (Phi) is 6.34. The molecule has 0 aliphatic heterocycles. The van der Waals surface area contributed by atoms with E-state index in [2.05, 4.69) is 4.72 Å². The van der Waals surface area contributed by atoms with Crippen molar-refractivity contribution in [2.24, 2.45) is 5.92 Å². The summed E-state index contributed by atoms with van der Waals surface area (Å²) in [7, 11) is -3.65. The van der Waals surface area contributed by atoms with E-state index in [1.807, 2.05) is 0 Å². The average Bonchev–Trinajstić information content (AvgIpc) is 3.35. The number of carboxylic acids is 1. The minimum Gasteiger partial charge on any atom is -0.489 e. The highest BCUT2D eigenvalue weighted by Crippen LogP contribution is 2.40. The molecule has 7 nitrogen and oxygen atoms in total. The number of hydrogen-bond donors (Lipinski definition) is 2. The number of fused-ring (bicyclic) bond motifs is 1. The fourth-order valence-electron chi connectivity index (χ4n) is 4.27. The molecule has 0 amide bonds. The topological polar surface area (TPSA) is 106 Å². The van der Waals surface area contributed by atoms with E-state index in [1.165, 1.54) is 36.4 Å². The van der Waals surface area contributed by atoms with E-state index in [-0.39, 0.29) is 51.5 Å². The smallest absolute Gasteiger partial charge is 0.340 e. The van der Waals surface area contributed by atoms with Crippen LogP contribution in [0.25, 0.3) is 22.3 Å². The molecule has 33 heavy (non-hydrogen) atoms. The number of aromatic carboxylic acids is 1. The van der Waals surface area contributed by atoms with Crippen LogP contribution in [0.1, 0.15) is 49.9 Å². The summed E-state index contributed by atoms with van der Waals surface area (Å²) < 4.78 is 53.3. The zero-order valence-corrected chi connectivity index (χ0v) is 19.2. The van der Waals surface area contributed by atoms with Gasteiger partial charge in [-0.3, -0.25) is 4.72 Å². The molecule has 176 valence electrons. The van der Waals surface area contributed by atoms with E-state index >= 15 is 0 Å². The first-order chi connectivity index (χ1) is 15.6. The molecule has 2 N–H and O–H groups in total. The van der Waals surface area contributed by atoms with Crippen LogP contribution in [0, 0.1) is 11.7 Å². The van der Waals surface area contributed by atoms with Gasteiger partial charge >= 0.3 is 5.97 Å². The second kappa shape index (κ2) is 9.05. The molecule has 0 unspecified atom stereocenters. The summed E-state index contributed by atoms with van der Waals surface area (Å²) in [5.41, 5.74) is 0.650. The van der Waals surface area contributed by atoms with Gasteiger partial charge in [0.1, 0.15) is 28.5 Å². The van der Waals surface area contributed by atoms with Gasteiger partial charge in [0.25, 0.3) is 0 Å². The van der Waals surface area contributed by atoms with Crippen molar-refractivity contribution < 1.29 is 31.9 Å². The first-order valence-electron chi connectivity index (χ1n) is 10.9. The molecule has 1 aliphatic rings. The van der Waals surface area contributed by atoms with Gasteiger partial charge < -0.3 is 14.3 Å². The van der Waals surface area contributed by atoms with E-state index in [0.29, 0.717) is 5.56 Å². The third-order valence-electron chi connectivity index (χ3n) is 5.67. The van der Waals surface area contributed by atoms with Crippen LogP contribution in [0.5, 0.6) is 5.75 Å². The van der Waals surface area contributed by atoms with Gasteiger partial charge in [-0.1, -0.05) is 12.8 Å². The van der Waals surface area contributed by atoms with Gasteiger partial charge in [0.15, 0.2) is 0 Å². The third-order valence-corrected chi connectivity index (χ3v) is 7.11. The van der Waals surface area contributed by atoms with Crippen LogP contribution >= 0.6 is 0 Å². The maximum absolute atomic E-state index is 13.4. The molecule has 0 radical (unpaired) electrons. The third kappa shape index (κ3) is 5.13. The van der Waals surface area contributed by atoms with Crippen LogP contribution in [0.3, 0.4) is 0 Å². The van der Waals surface area contributed by atoms with Gasteiger partial charge in [-0.25, -0.2) is 17.6 Å². The Labute approximate surface area is 191 Å². The largest absolute Gasteiger partial charge is 0.489 e. The van der Waals surface area contributed by atoms with E-state index in [9.17, 15) is 22.7 Å². The molecule has 0 bridgehead atoms. The lowest BCUT2D eigenvalue weighted by Crippen LogP contribution is -2.22. The van der Waals surface area contributed by atoms with Crippen molar-refractivity contribution in [2.75, 3.05) is 10.5 Å². The molecular weight excluding hydrogens is 449 g/mol. The molecule has 0 saturated heterocycles. The maximum Gasteiger partial charge on any atom is 0.340 e. The first kappa shape index (κ1) is 23.1. The van der Waals surface area contributed by atoms with Gasteiger partial charge in [-0.15, -0.1) is 0 Å². The molecule has 2 aromatic carbocycles. The molecule has 1 fully saturated rings. The lowest BCUT2D eigenvalue weighted by atomic mass is 10.0. The first-order valence-corrected chi connectivity index (χ1v) is 12.5. The van der Waals surface area contributed by atoms with Crippen molar-refractivity contribution in [1.29, 1.82) is 0 Å². The Morgan fingerprint density at radius 2 is 1.88 bits per heavy atom. The van der Waals surface area contributed by atoms with Gasteiger partial charge in [-0.2, -0.15) is 0 Å². The SMILES string of the molecule is CC(C)Oc1cc2c(C(=O)O)c(-c3ccc(F)cc3)oc2cc1NS(=O)(=O)CC1CCCC1. The quantitative estimate of drug-likeness (QED) is 0.436. The highest BCUT2D eigenvalue weighted by atomic mass is 32.2. The predicted molar refractivity (Wildman–Crippen MR) is 124 cm³/mol. The number of furan rings is 1. The zero-order valence-electron chi connectivity index (χ0n) is 18.4. The molecule has 9 heteroatoms. The maximum atomic E-state index is 13.4. The summed E-state index contributed by atoms with van der Waals surface area (Å²) in [6, 6.07) is 8.20. The lowest BCUT2D eigenvalue weighted by Gasteiger charge is -2.17. The number of sulfonamides is 1. The van der Waals surface area contributed by atoms with E-state index in [0.717, 1.165) is 25.7 Å². The van der Waals surface area contributed by atoms with Gasteiger partial charge in [-0.05, 0) is 62.9 Å². The van der Waals surface area contributed by atoms with Crippen molar-refractivity contribution in [3.05, 3.63) is 47.8 Å². The molecule has 1 heterocycles. The van der Waals surface area contributed by atoms with Gasteiger partial charge in [0.2, 0.25) is 10.0 Å². The second-order valence-corrected chi connectivity index (χ2v) is 10.4. The molecular formula is C24H26FNO6S. The second-order valence-electron chi connectivity index (χ2n) is 8.66. The van der Waals surface area contributed by atoms with Crippen LogP contribution in [-0.2, 0) is 10.0 Å². The van der Waals surface area contributed by atoms with Crippen molar-refractivity contribution in [2.45, 2.75) is 45.6 Å². The summed E-state index contributed by atoms with van der Waals surface area (Å²) >= 11 is 0. The number of carboxylic acid groups (broad SMARTS) is 1. The van der Waals surface area contributed by atoms with Gasteiger partial charge in [0, 0.05) is 17.0 Å². The summed E-state index contributed by atoms with van der Waals surface area (Å²) in [4.78, 5) is 12.1. The number of benzene rings is 2.